The molecule has 0 N–H and O–H groups in total. The van der Waals surface area contributed by atoms with Crippen LogP contribution in [0.3, 0.4) is 0 Å². The number of halogens is 4. The quantitative estimate of drug-likeness (QED) is 0.377. The molecule has 4 heteroatoms. The lowest BCUT2D eigenvalue weighted by Crippen LogP contribution is -2.29. The van der Waals surface area contributed by atoms with Gasteiger partial charge in [0.1, 0.15) is 0 Å². The second kappa shape index (κ2) is 3.62. The van der Waals surface area contributed by atoms with Crippen molar-refractivity contribution in [2.45, 2.75) is 32.2 Å². The highest BCUT2D eigenvalue weighted by atomic mass is 79.9. The van der Waals surface area contributed by atoms with E-state index in [2.05, 4.69) is 88.0 Å². The van der Waals surface area contributed by atoms with Gasteiger partial charge >= 0.3 is 0 Å². The predicted octanol–water partition coefficient (Wildman–Crippen LogP) is 5.78. The van der Waals surface area contributed by atoms with Crippen molar-refractivity contribution in [3.05, 3.63) is 35.4 Å². The van der Waals surface area contributed by atoms with Gasteiger partial charge < -0.3 is 0 Å². The van der Waals surface area contributed by atoms with Crippen LogP contribution in [0.5, 0.6) is 0 Å². The minimum atomic E-state index is 0.141. The van der Waals surface area contributed by atoms with Gasteiger partial charge in [0.15, 0.2) is 0 Å². The van der Waals surface area contributed by atoms with Crippen LogP contribution in [0.2, 0.25) is 0 Å². The molecular formula is C16H14Br4. The predicted molar refractivity (Wildman–Crippen MR) is 96.1 cm³/mol. The third kappa shape index (κ3) is 1.24. The second-order valence-electron chi connectivity index (χ2n) is 7.16. The Balaban J connectivity index is 1.64. The summed E-state index contributed by atoms with van der Waals surface area (Å²) in [5.41, 5.74) is 3.94. The number of hydrogen-bond acceptors (Lipinski definition) is 0. The van der Waals surface area contributed by atoms with E-state index in [-0.39, 0.29) is 6.47 Å². The molecule has 0 bridgehead atoms. The van der Waals surface area contributed by atoms with Crippen molar-refractivity contribution in [2.24, 2.45) is 22.7 Å². The molecule has 4 atom stereocenters. The zero-order chi connectivity index (χ0) is 14.0. The molecule has 0 aromatic heterocycles. The molecular weight excluding hydrogens is 512 g/mol. The van der Waals surface area contributed by atoms with Crippen LogP contribution in [0.15, 0.2) is 24.3 Å². The van der Waals surface area contributed by atoms with Gasteiger partial charge in [0.2, 0.25) is 0 Å². The third-order valence-corrected chi connectivity index (χ3v) is 12.0. The Kier molecular flexibility index (Phi) is 2.46. The molecule has 3 saturated carbocycles. The van der Waals surface area contributed by atoms with Gasteiger partial charge in [-0.05, 0) is 48.6 Å². The van der Waals surface area contributed by atoms with Crippen LogP contribution in [0.25, 0.3) is 0 Å². The summed E-state index contributed by atoms with van der Waals surface area (Å²) in [6, 6.07) is 9.04. The molecule has 3 fully saturated rings. The summed E-state index contributed by atoms with van der Waals surface area (Å²) in [5.74, 6) is 1.58. The molecule has 4 aliphatic rings. The topological polar surface area (TPSA) is 0 Å². The maximum atomic E-state index is 4.08. The van der Waals surface area contributed by atoms with Crippen molar-refractivity contribution < 1.29 is 0 Å². The number of hydrogen-bond donors (Lipinski definition) is 0. The molecule has 20 heavy (non-hydrogen) atoms. The lowest BCUT2D eigenvalue weighted by Gasteiger charge is -2.34. The van der Waals surface area contributed by atoms with Gasteiger partial charge in [-0.25, -0.2) is 0 Å². The van der Waals surface area contributed by atoms with E-state index in [0.29, 0.717) is 10.8 Å². The van der Waals surface area contributed by atoms with E-state index in [0.717, 1.165) is 11.8 Å². The molecule has 4 aliphatic carbocycles. The average molecular weight is 526 g/mol. The Morgan fingerprint density at radius 1 is 0.800 bits per heavy atom. The highest BCUT2D eigenvalue weighted by Gasteiger charge is 2.90. The molecule has 0 nitrogen and oxygen atoms in total. The Morgan fingerprint density at radius 2 is 1.25 bits per heavy atom. The first-order valence-electron chi connectivity index (χ1n) is 7.18. The molecule has 0 saturated heterocycles. The average Bonchev–Trinajstić information content (AvgIpc) is 3.09. The van der Waals surface area contributed by atoms with E-state index >= 15 is 0 Å². The molecule has 5 rings (SSSR count). The maximum absolute atomic E-state index is 4.08. The number of rotatable bonds is 0. The van der Waals surface area contributed by atoms with Crippen LogP contribution in [0.1, 0.15) is 24.0 Å². The van der Waals surface area contributed by atoms with Crippen LogP contribution < -0.4 is 0 Å². The SMILES string of the molecule is BrC1(Br)[C@@H]2C[C@]34Cc5ccccc5C[C@]3(C[C@@H]21)C4(Br)Br. The molecule has 1 aromatic carbocycles. The Hall–Kier alpha value is 1.14. The molecule has 0 radical (unpaired) electrons. The van der Waals surface area contributed by atoms with Crippen LogP contribution in [-0.2, 0) is 12.8 Å². The number of fused-ring (bicyclic) bond motifs is 2. The Bertz CT molecular complexity index is 586. The van der Waals surface area contributed by atoms with Gasteiger partial charge in [-0.15, -0.1) is 0 Å². The van der Waals surface area contributed by atoms with E-state index in [1.54, 1.807) is 11.1 Å². The smallest absolute Gasteiger partial charge is 0.0721 e. The summed E-state index contributed by atoms with van der Waals surface area (Å²) in [4.78, 5) is 0. The van der Waals surface area contributed by atoms with Gasteiger partial charge in [-0.1, -0.05) is 88.0 Å². The van der Waals surface area contributed by atoms with Gasteiger partial charge in [-0.3, -0.25) is 0 Å². The normalized spacial score (nSPS) is 48.4. The summed E-state index contributed by atoms with van der Waals surface area (Å²) < 4.78 is 0.364. The standard InChI is InChI=1S/C16H14Br4/c17-15(18)11-7-13-5-9-3-1-2-4-10(9)6-14(13,8-12(11)15)16(13,19)20/h1-4,11-12H,5-8H2/t11-,12+,13-,14-/m1/s1. The number of benzene rings is 1. The van der Waals surface area contributed by atoms with E-state index in [1.807, 2.05) is 0 Å². The molecule has 1 aromatic rings. The van der Waals surface area contributed by atoms with Gasteiger partial charge in [0, 0.05) is 10.8 Å². The molecule has 0 unspecified atom stereocenters. The summed E-state index contributed by atoms with van der Waals surface area (Å²) in [6.45, 7) is 0. The fourth-order valence-electron chi connectivity index (χ4n) is 5.41. The lowest BCUT2D eigenvalue weighted by atomic mass is 9.69. The van der Waals surface area contributed by atoms with Crippen LogP contribution in [0, 0.1) is 22.7 Å². The summed E-state index contributed by atoms with van der Waals surface area (Å²) in [6.07, 6.45) is 5.08. The summed E-state index contributed by atoms with van der Waals surface area (Å²) >= 11 is 16.0. The first-order valence-corrected chi connectivity index (χ1v) is 10.4. The minimum absolute atomic E-state index is 0.141. The summed E-state index contributed by atoms with van der Waals surface area (Å²) in [5, 5.41) is 0. The van der Waals surface area contributed by atoms with E-state index < -0.39 is 0 Å². The molecule has 0 amide bonds. The zero-order valence-electron chi connectivity index (χ0n) is 10.8. The zero-order valence-corrected chi connectivity index (χ0v) is 17.1. The van der Waals surface area contributed by atoms with Crippen molar-refractivity contribution in [1.82, 2.24) is 0 Å². The Morgan fingerprint density at radius 3 is 1.70 bits per heavy atom. The van der Waals surface area contributed by atoms with Gasteiger partial charge in [0.25, 0.3) is 0 Å². The van der Waals surface area contributed by atoms with Crippen molar-refractivity contribution in [2.75, 3.05) is 0 Å². The first kappa shape index (κ1) is 13.6. The van der Waals surface area contributed by atoms with Gasteiger partial charge in [-0.2, -0.15) is 0 Å². The summed E-state index contributed by atoms with van der Waals surface area (Å²) in [7, 11) is 0. The van der Waals surface area contributed by atoms with Crippen molar-refractivity contribution in [3.63, 3.8) is 0 Å². The highest BCUT2D eigenvalue weighted by molar-refractivity contribution is 9.26. The fraction of sp³-hybridized carbons (Fsp3) is 0.625. The monoisotopic (exact) mass is 522 g/mol. The molecule has 106 valence electrons. The minimum Gasteiger partial charge on any atom is -0.0721 e. The first-order chi connectivity index (χ1) is 9.36. The van der Waals surface area contributed by atoms with Crippen molar-refractivity contribution >= 4 is 63.7 Å². The highest BCUT2D eigenvalue weighted by Crippen LogP contribution is 2.93. The van der Waals surface area contributed by atoms with Crippen molar-refractivity contribution in [1.29, 1.82) is 0 Å². The lowest BCUT2D eigenvalue weighted by molar-refractivity contribution is 0.211. The molecule has 0 aliphatic heterocycles. The maximum Gasteiger partial charge on any atom is 0.0936 e. The van der Waals surface area contributed by atoms with E-state index in [4.69, 9.17) is 0 Å². The van der Waals surface area contributed by atoms with Crippen LogP contribution in [-0.4, -0.2) is 6.47 Å². The van der Waals surface area contributed by atoms with Crippen LogP contribution >= 0.6 is 63.7 Å². The van der Waals surface area contributed by atoms with E-state index in [9.17, 15) is 0 Å². The number of alkyl halides is 4. The molecule has 0 heterocycles. The van der Waals surface area contributed by atoms with Crippen molar-refractivity contribution in [3.8, 4) is 0 Å². The largest absolute Gasteiger partial charge is 0.0936 e. The second-order valence-corrected chi connectivity index (χ2v) is 14.3. The Labute approximate surface area is 153 Å². The fourth-order valence-corrected chi connectivity index (χ4v) is 9.60. The molecule has 0 spiro atoms. The van der Waals surface area contributed by atoms with Gasteiger partial charge in [0.05, 0.1) is 6.47 Å². The third-order valence-electron chi connectivity index (χ3n) is 6.66. The van der Waals surface area contributed by atoms with Crippen LogP contribution in [0.4, 0.5) is 0 Å². The van der Waals surface area contributed by atoms with E-state index in [1.165, 1.54) is 25.7 Å².